The zero-order valence-electron chi connectivity index (χ0n) is 12.7. The summed E-state index contributed by atoms with van der Waals surface area (Å²) in [7, 11) is 0. The second-order valence-corrected chi connectivity index (χ2v) is 6.56. The van der Waals surface area contributed by atoms with Gasteiger partial charge in [0.1, 0.15) is 5.82 Å². The normalized spacial score (nSPS) is 28.7. The number of halogens is 1. The fourth-order valence-corrected chi connectivity index (χ4v) is 3.49. The van der Waals surface area contributed by atoms with Crippen molar-refractivity contribution in [3.8, 4) is 0 Å². The van der Waals surface area contributed by atoms with E-state index in [0.717, 1.165) is 17.7 Å². The molecule has 1 fully saturated rings. The van der Waals surface area contributed by atoms with E-state index in [2.05, 4.69) is 24.5 Å². The van der Waals surface area contributed by atoms with Crippen LogP contribution in [0.5, 0.6) is 0 Å². The van der Waals surface area contributed by atoms with Gasteiger partial charge in [-0.2, -0.15) is 0 Å². The van der Waals surface area contributed by atoms with Gasteiger partial charge in [-0.1, -0.05) is 26.7 Å². The number of anilines is 2. The van der Waals surface area contributed by atoms with Crippen LogP contribution in [0.4, 0.5) is 15.8 Å². The van der Waals surface area contributed by atoms with Gasteiger partial charge in [0.2, 0.25) is 5.91 Å². The highest BCUT2D eigenvalue weighted by atomic mass is 19.1. The number of benzene rings is 1. The van der Waals surface area contributed by atoms with E-state index in [-0.39, 0.29) is 11.7 Å². The molecule has 1 aliphatic heterocycles. The highest BCUT2D eigenvalue weighted by Crippen LogP contribution is 2.34. The van der Waals surface area contributed by atoms with Gasteiger partial charge >= 0.3 is 0 Å². The molecule has 3 unspecified atom stereocenters. The minimum Gasteiger partial charge on any atom is -0.380 e. The van der Waals surface area contributed by atoms with E-state index in [9.17, 15) is 9.18 Å². The summed E-state index contributed by atoms with van der Waals surface area (Å²) in [5.74, 6) is 0.996. The van der Waals surface area contributed by atoms with E-state index in [4.69, 9.17) is 0 Å². The van der Waals surface area contributed by atoms with Gasteiger partial charge in [-0.15, -0.1) is 0 Å². The second-order valence-electron chi connectivity index (χ2n) is 6.56. The molecule has 1 aromatic rings. The van der Waals surface area contributed by atoms with Crippen LogP contribution in [0, 0.1) is 17.7 Å². The van der Waals surface area contributed by atoms with Crippen molar-refractivity contribution < 1.29 is 9.18 Å². The van der Waals surface area contributed by atoms with Crippen LogP contribution in [0.1, 0.15) is 45.1 Å². The molecule has 0 aromatic heterocycles. The lowest BCUT2D eigenvalue weighted by Crippen LogP contribution is -2.35. The quantitative estimate of drug-likeness (QED) is 0.866. The average molecular weight is 290 g/mol. The summed E-state index contributed by atoms with van der Waals surface area (Å²) >= 11 is 0. The number of hydrogen-bond acceptors (Lipinski definition) is 2. The number of carbonyl (C=O) groups is 1. The first-order valence-corrected chi connectivity index (χ1v) is 7.93. The third kappa shape index (κ3) is 2.89. The highest BCUT2D eigenvalue weighted by molar-refractivity contribution is 5.94. The van der Waals surface area contributed by atoms with Crippen molar-refractivity contribution in [3.05, 3.63) is 23.5 Å². The fourth-order valence-electron chi connectivity index (χ4n) is 3.49. The Morgan fingerprint density at radius 2 is 2.05 bits per heavy atom. The molecule has 1 saturated carbocycles. The van der Waals surface area contributed by atoms with E-state index in [1.807, 2.05) is 0 Å². The van der Waals surface area contributed by atoms with Crippen molar-refractivity contribution >= 4 is 17.3 Å². The summed E-state index contributed by atoms with van der Waals surface area (Å²) in [5, 5.41) is 6.21. The van der Waals surface area contributed by atoms with Crippen LogP contribution in [0.15, 0.2) is 12.1 Å². The monoisotopic (exact) mass is 290 g/mol. The van der Waals surface area contributed by atoms with Crippen molar-refractivity contribution in [2.24, 2.45) is 11.8 Å². The molecule has 0 spiro atoms. The van der Waals surface area contributed by atoms with E-state index >= 15 is 0 Å². The maximum Gasteiger partial charge on any atom is 0.224 e. The first kappa shape index (κ1) is 14.4. The second kappa shape index (κ2) is 5.66. The molecule has 1 aromatic carbocycles. The lowest BCUT2D eigenvalue weighted by atomic mass is 9.78. The Hall–Kier alpha value is -1.58. The molecule has 3 rings (SSSR count). The van der Waals surface area contributed by atoms with Gasteiger partial charge in [-0.25, -0.2) is 4.39 Å². The third-order valence-electron chi connectivity index (χ3n) is 5.14. The zero-order valence-corrected chi connectivity index (χ0v) is 12.7. The van der Waals surface area contributed by atoms with Crippen molar-refractivity contribution in [2.75, 3.05) is 10.6 Å². The zero-order chi connectivity index (χ0) is 15.0. The number of fused-ring (bicyclic) bond motifs is 1. The number of carbonyl (C=O) groups excluding carboxylic acids is 1. The fraction of sp³-hybridized carbons (Fsp3) is 0.588. The minimum absolute atomic E-state index is 0.0136. The Labute approximate surface area is 125 Å². The van der Waals surface area contributed by atoms with E-state index in [1.54, 1.807) is 12.1 Å². The largest absolute Gasteiger partial charge is 0.380 e. The van der Waals surface area contributed by atoms with Crippen LogP contribution in [0.3, 0.4) is 0 Å². The Morgan fingerprint density at radius 3 is 2.86 bits per heavy atom. The van der Waals surface area contributed by atoms with Crippen LogP contribution in [-0.2, 0) is 11.2 Å². The Bertz CT molecular complexity index is 558. The van der Waals surface area contributed by atoms with E-state index in [1.165, 1.54) is 12.8 Å². The van der Waals surface area contributed by atoms with Crippen molar-refractivity contribution in [1.29, 1.82) is 0 Å². The first-order chi connectivity index (χ1) is 10.0. The molecule has 1 amide bonds. The molecule has 2 aliphatic rings. The predicted octanol–water partition coefficient (Wildman–Crippen LogP) is 3.95. The molecule has 1 aliphatic carbocycles. The van der Waals surface area contributed by atoms with Crippen LogP contribution < -0.4 is 10.6 Å². The van der Waals surface area contributed by atoms with Crippen LogP contribution in [0.25, 0.3) is 0 Å². The highest BCUT2D eigenvalue weighted by Gasteiger charge is 2.28. The van der Waals surface area contributed by atoms with E-state index in [0.29, 0.717) is 36.4 Å². The molecule has 114 valence electrons. The number of rotatable bonds is 2. The van der Waals surface area contributed by atoms with Gasteiger partial charge in [0.15, 0.2) is 0 Å². The lowest BCUT2D eigenvalue weighted by Gasteiger charge is -2.35. The number of amides is 1. The van der Waals surface area contributed by atoms with Gasteiger partial charge in [0, 0.05) is 18.2 Å². The van der Waals surface area contributed by atoms with Gasteiger partial charge in [-0.05, 0) is 42.4 Å². The summed E-state index contributed by atoms with van der Waals surface area (Å²) in [6.45, 7) is 4.50. The molecule has 0 radical (unpaired) electrons. The van der Waals surface area contributed by atoms with Crippen molar-refractivity contribution in [1.82, 2.24) is 0 Å². The number of nitrogens with one attached hydrogen (secondary N) is 2. The summed E-state index contributed by atoms with van der Waals surface area (Å²) in [4.78, 5) is 11.5. The minimum atomic E-state index is -0.213. The van der Waals surface area contributed by atoms with E-state index < -0.39 is 0 Å². The molecule has 4 heteroatoms. The van der Waals surface area contributed by atoms with Crippen LogP contribution in [0.2, 0.25) is 0 Å². The standard InChI is InChI=1S/C17H23FN2O/c1-10-4-3-5-14(11(10)2)19-16-9-15-12(8-13(16)18)6-7-17(21)20-15/h8-11,14,19H,3-7H2,1-2H3,(H,20,21). The molecule has 1 heterocycles. The summed E-state index contributed by atoms with van der Waals surface area (Å²) in [6, 6.07) is 3.63. The number of aryl methyl sites for hydroxylation is 1. The molecule has 2 N–H and O–H groups in total. The molecule has 0 bridgehead atoms. The first-order valence-electron chi connectivity index (χ1n) is 7.93. The Balaban J connectivity index is 1.82. The van der Waals surface area contributed by atoms with Crippen molar-refractivity contribution in [3.63, 3.8) is 0 Å². The molecule has 0 saturated heterocycles. The molecular weight excluding hydrogens is 267 g/mol. The third-order valence-corrected chi connectivity index (χ3v) is 5.14. The molecule has 3 nitrogen and oxygen atoms in total. The van der Waals surface area contributed by atoms with Crippen LogP contribution in [-0.4, -0.2) is 11.9 Å². The summed E-state index contributed by atoms with van der Waals surface area (Å²) < 4.78 is 14.3. The van der Waals surface area contributed by atoms with Gasteiger partial charge < -0.3 is 10.6 Å². The maximum atomic E-state index is 14.3. The molecular formula is C17H23FN2O. The average Bonchev–Trinajstić information content (AvgIpc) is 2.45. The number of hydrogen-bond donors (Lipinski definition) is 2. The molecule has 3 atom stereocenters. The molecule has 21 heavy (non-hydrogen) atoms. The topological polar surface area (TPSA) is 41.1 Å². The predicted molar refractivity (Wildman–Crippen MR) is 82.9 cm³/mol. The van der Waals surface area contributed by atoms with Gasteiger partial charge in [0.05, 0.1) is 5.69 Å². The lowest BCUT2D eigenvalue weighted by molar-refractivity contribution is -0.116. The van der Waals surface area contributed by atoms with Gasteiger partial charge in [-0.3, -0.25) is 4.79 Å². The Morgan fingerprint density at radius 1 is 1.24 bits per heavy atom. The maximum absolute atomic E-state index is 14.3. The summed E-state index contributed by atoms with van der Waals surface area (Å²) in [6.07, 6.45) is 4.58. The van der Waals surface area contributed by atoms with Crippen LogP contribution >= 0.6 is 0 Å². The van der Waals surface area contributed by atoms with Gasteiger partial charge in [0.25, 0.3) is 0 Å². The van der Waals surface area contributed by atoms with Crippen molar-refractivity contribution in [2.45, 2.75) is 52.0 Å². The Kier molecular flexibility index (Phi) is 3.87. The SMILES string of the molecule is CC1CCCC(Nc2cc3c(cc2F)CCC(=O)N3)C1C. The smallest absolute Gasteiger partial charge is 0.224 e. The summed E-state index contributed by atoms with van der Waals surface area (Å²) in [5.41, 5.74) is 2.16.